The molecule has 0 unspecified atom stereocenters. The van der Waals surface area contributed by atoms with E-state index in [-0.39, 0.29) is 0 Å². The Bertz CT molecular complexity index is 674. The van der Waals surface area contributed by atoms with Crippen LogP contribution in [0.15, 0.2) is 41.6 Å². The van der Waals surface area contributed by atoms with Crippen LogP contribution in [0.25, 0.3) is 5.65 Å². The van der Waals surface area contributed by atoms with Crippen molar-refractivity contribution < 1.29 is 4.42 Å². The third kappa shape index (κ3) is 2.59. The van der Waals surface area contributed by atoms with Crippen molar-refractivity contribution in [3.63, 3.8) is 0 Å². The Morgan fingerprint density at radius 1 is 1.35 bits per heavy atom. The number of nitrogens with zero attached hydrogens (tertiary/aromatic N) is 3. The summed E-state index contributed by atoms with van der Waals surface area (Å²) >= 11 is 0. The molecule has 0 aliphatic heterocycles. The van der Waals surface area contributed by atoms with Crippen LogP contribution in [0.2, 0.25) is 0 Å². The Kier molecular flexibility index (Phi) is 3.54. The molecule has 0 saturated heterocycles. The van der Waals surface area contributed by atoms with Crippen molar-refractivity contribution in [1.29, 1.82) is 0 Å². The van der Waals surface area contributed by atoms with Gasteiger partial charge in [-0.1, -0.05) is 6.92 Å². The summed E-state index contributed by atoms with van der Waals surface area (Å²) < 4.78 is 7.02. The second-order valence-corrected chi connectivity index (χ2v) is 4.54. The lowest BCUT2D eigenvalue weighted by Crippen LogP contribution is -2.08. The van der Waals surface area contributed by atoms with Gasteiger partial charge in [0, 0.05) is 31.0 Å². The molecule has 0 aliphatic rings. The van der Waals surface area contributed by atoms with Gasteiger partial charge in [-0.15, -0.1) is 0 Å². The minimum absolute atomic E-state index is 0.656. The van der Waals surface area contributed by atoms with Gasteiger partial charge in [0.05, 0.1) is 18.7 Å². The van der Waals surface area contributed by atoms with Gasteiger partial charge in [-0.3, -0.25) is 0 Å². The summed E-state index contributed by atoms with van der Waals surface area (Å²) in [7, 11) is 0. The molecule has 6 heteroatoms. The largest absolute Gasteiger partial charge is 0.472 e. The van der Waals surface area contributed by atoms with E-state index in [0.29, 0.717) is 6.54 Å². The standard InChI is InChI=1S/C14H17N5O/c1-2-4-15-12-9-19-6-5-16-14(19)13(18-12)17-8-11-3-7-20-10-11/h3,5-7,9-10,15H,2,4,8H2,1H3,(H,17,18). The van der Waals surface area contributed by atoms with Crippen molar-refractivity contribution in [1.82, 2.24) is 14.4 Å². The van der Waals surface area contributed by atoms with Crippen LogP contribution in [0.3, 0.4) is 0 Å². The van der Waals surface area contributed by atoms with Crippen LogP contribution in [0.4, 0.5) is 11.6 Å². The molecule has 0 saturated carbocycles. The second-order valence-electron chi connectivity index (χ2n) is 4.54. The van der Waals surface area contributed by atoms with Crippen LogP contribution in [0.5, 0.6) is 0 Å². The fourth-order valence-electron chi connectivity index (χ4n) is 1.97. The quantitative estimate of drug-likeness (QED) is 0.721. The minimum Gasteiger partial charge on any atom is -0.472 e. The fraction of sp³-hybridized carbons (Fsp3) is 0.286. The number of fused-ring (bicyclic) bond motifs is 1. The summed E-state index contributed by atoms with van der Waals surface area (Å²) in [5.41, 5.74) is 1.89. The smallest absolute Gasteiger partial charge is 0.180 e. The maximum atomic E-state index is 5.06. The van der Waals surface area contributed by atoms with Gasteiger partial charge in [0.1, 0.15) is 5.82 Å². The highest BCUT2D eigenvalue weighted by Gasteiger charge is 2.07. The summed E-state index contributed by atoms with van der Waals surface area (Å²) in [5, 5.41) is 6.59. The third-order valence-corrected chi connectivity index (χ3v) is 2.97. The number of imidazole rings is 1. The molecule has 0 bridgehead atoms. The van der Waals surface area contributed by atoms with E-state index >= 15 is 0 Å². The summed E-state index contributed by atoms with van der Waals surface area (Å²) in [6.45, 7) is 3.68. The minimum atomic E-state index is 0.656. The molecule has 20 heavy (non-hydrogen) atoms. The maximum absolute atomic E-state index is 5.06. The lowest BCUT2D eigenvalue weighted by atomic mass is 10.3. The highest BCUT2D eigenvalue weighted by Crippen LogP contribution is 2.17. The van der Waals surface area contributed by atoms with Crippen LogP contribution in [-0.4, -0.2) is 20.9 Å². The number of hydrogen-bond donors (Lipinski definition) is 2. The number of hydrogen-bond acceptors (Lipinski definition) is 5. The number of nitrogens with one attached hydrogen (secondary N) is 2. The molecule has 0 fully saturated rings. The first-order chi connectivity index (χ1) is 9.86. The molecular weight excluding hydrogens is 254 g/mol. The Labute approximate surface area is 116 Å². The summed E-state index contributed by atoms with van der Waals surface area (Å²) in [6, 6.07) is 1.93. The Balaban J connectivity index is 1.85. The molecule has 0 radical (unpaired) electrons. The highest BCUT2D eigenvalue weighted by molar-refractivity contribution is 5.65. The molecule has 0 aliphatic carbocycles. The highest BCUT2D eigenvalue weighted by atomic mass is 16.3. The molecule has 3 aromatic rings. The van der Waals surface area contributed by atoms with E-state index in [9.17, 15) is 0 Å². The number of anilines is 2. The van der Waals surface area contributed by atoms with Crippen LogP contribution in [0, 0.1) is 0 Å². The van der Waals surface area contributed by atoms with Gasteiger partial charge in [-0.05, 0) is 12.5 Å². The Hall–Kier alpha value is -2.50. The van der Waals surface area contributed by atoms with Crippen molar-refractivity contribution in [2.45, 2.75) is 19.9 Å². The summed E-state index contributed by atoms with van der Waals surface area (Å²) in [5.74, 6) is 1.60. The predicted octanol–water partition coefficient (Wildman–Crippen LogP) is 2.76. The Morgan fingerprint density at radius 2 is 2.30 bits per heavy atom. The first-order valence-electron chi connectivity index (χ1n) is 6.69. The lowest BCUT2D eigenvalue weighted by Gasteiger charge is -2.10. The molecule has 3 heterocycles. The van der Waals surface area contributed by atoms with Gasteiger partial charge in [0.15, 0.2) is 11.5 Å². The third-order valence-electron chi connectivity index (χ3n) is 2.97. The molecule has 6 nitrogen and oxygen atoms in total. The molecule has 104 valence electrons. The zero-order valence-corrected chi connectivity index (χ0v) is 11.3. The van der Waals surface area contributed by atoms with Crippen LogP contribution in [0.1, 0.15) is 18.9 Å². The van der Waals surface area contributed by atoms with E-state index in [1.807, 2.05) is 22.9 Å². The lowest BCUT2D eigenvalue weighted by molar-refractivity contribution is 0.564. The van der Waals surface area contributed by atoms with E-state index in [0.717, 1.165) is 35.8 Å². The normalized spacial score (nSPS) is 10.8. The molecule has 0 atom stereocenters. The topological polar surface area (TPSA) is 67.4 Å². The SMILES string of the molecule is CCCNc1cn2ccnc2c(NCc2ccoc2)n1. The summed E-state index contributed by atoms with van der Waals surface area (Å²) in [6.07, 6.45) is 10.1. The van der Waals surface area contributed by atoms with E-state index in [1.54, 1.807) is 18.7 Å². The second kappa shape index (κ2) is 5.64. The maximum Gasteiger partial charge on any atom is 0.180 e. The average Bonchev–Trinajstić information content (AvgIpc) is 3.13. The van der Waals surface area contributed by atoms with E-state index in [4.69, 9.17) is 4.42 Å². The fourth-order valence-corrected chi connectivity index (χ4v) is 1.97. The van der Waals surface area contributed by atoms with E-state index in [2.05, 4.69) is 27.5 Å². The van der Waals surface area contributed by atoms with Gasteiger partial charge in [-0.2, -0.15) is 0 Å². The van der Waals surface area contributed by atoms with E-state index in [1.165, 1.54) is 0 Å². The summed E-state index contributed by atoms with van der Waals surface area (Å²) in [4.78, 5) is 8.90. The van der Waals surface area contributed by atoms with Crippen molar-refractivity contribution in [2.24, 2.45) is 0 Å². The number of furan rings is 1. The predicted molar refractivity (Wildman–Crippen MR) is 77.8 cm³/mol. The molecule has 3 aromatic heterocycles. The van der Waals surface area contributed by atoms with Crippen LogP contribution in [-0.2, 0) is 6.54 Å². The molecular formula is C14H17N5O. The monoisotopic (exact) mass is 271 g/mol. The van der Waals surface area contributed by atoms with Crippen LogP contribution < -0.4 is 10.6 Å². The van der Waals surface area contributed by atoms with Crippen molar-refractivity contribution in [3.05, 3.63) is 42.7 Å². The number of rotatable bonds is 6. The zero-order chi connectivity index (χ0) is 13.8. The van der Waals surface area contributed by atoms with Gasteiger partial charge in [0.25, 0.3) is 0 Å². The van der Waals surface area contributed by atoms with Gasteiger partial charge >= 0.3 is 0 Å². The molecule has 2 N–H and O–H groups in total. The average molecular weight is 271 g/mol. The number of aromatic nitrogens is 3. The van der Waals surface area contributed by atoms with E-state index < -0.39 is 0 Å². The van der Waals surface area contributed by atoms with Gasteiger partial charge in [-0.25, -0.2) is 9.97 Å². The van der Waals surface area contributed by atoms with Gasteiger partial charge in [0.2, 0.25) is 0 Å². The van der Waals surface area contributed by atoms with Gasteiger partial charge < -0.3 is 19.5 Å². The molecule has 0 aromatic carbocycles. The van der Waals surface area contributed by atoms with Crippen molar-refractivity contribution in [2.75, 3.05) is 17.2 Å². The Morgan fingerprint density at radius 3 is 3.10 bits per heavy atom. The molecule has 3 rings (SSSR count). The molecule has 0 amide bonds. The van der Waals surface area contributed by atoms with Crippen molar-refractivity contribution in [3.8, 4) is 0 Å². The first kappa shape index (κ1) is 12.5. The first-order valence-corrected chi connectivity index (χ1v) is 6.69. The van der Waals surface area contributed by atoms with Crippen molar-refractivity contribution >= 4 is 17.3 Å². The van der Waals surface area contributed by atoms with Crippen LogP contribution >= 0.6 is 0 Å². The zero-order valence-electron chi connectivity index (χ0n) is 11.3. The molecule has 0 spiro atoms.